The lowest BCUT2D eigenvalue weighted by Crippen LogP contribution is -2.29. The standard InChI is InChI=1S/C13H21NO/c1-9(2)14-13(15)5-3-4-11-8-12(11)10-6-7-10/h9,11H,3-8H2,1-2H3,(H,14,15). The van der Waals surface area contributed by atoms with Crippen LogP contribution >= 0.6 is 0 Å². The van der Waals surface area contributed by atoms with Gasteiger partial charge in [0.05, 0.1) is 0 Å². The molecule has 0 aromatic heterocycles. The summed E-state index contributed by atoms with van der Waals surface area (Å²) >= 11 is 0. The number of allylic oxidation sites excluding steroid dienone is 2. The smallest absolute Gasteiger partial charge is 0.220 e. The predicted molar refractivity (Wildman–Crippen MR) is 61.5 cm³/mol. The lowest BCUT2D eigenvalue weighted by atomic mass is 10.1. The van der Waals surface area contributed by atoms with Crippen molar-refractivity contribution >= 4 is 5.91 Å². The Morgan fingerprint density at radius 3 is 2.80 bits per heavy atom. The van der Waals surface area contributed by atoms with Gasteiger partial charge in [-0.2, -0.15) is 0 Å². The monoisotopic (exact) mass is 207 g/mol. The van der Waals surface area contributed by atoms with Gasteiger partial charge >= 0.3 is 0 Å². The van der Waals surface area contributed by atoms with E-state index in [1.807, 2.05) is 13.8 Å². The zero-order valence-electron chi connectivity index (χ0n) is 9.81. The Kier molecular flexibility index (Phi) is 3.13. The number of hydrogen-bond donors (Lipinski definition) is 1. The van der Waals surface area contributed by atoms with Gasteiger partial charge in [0.25, 0.3) is 0 Å². The van der Waals surface area contributed by atoms with Crippen molar-refractivity contribution in [3.8, 4) is 0 Å². The molecule has 0 heterocycles. The van der Waals surface area contributed by atoms with Crippen LogP contribution in [0.5, 0.6) is 0 Å². The molecule has 2 aliphatic rings. The summed E-state index contributed by atoms with van der Waals surface area (Å²) < 4.78 is 0. The van der Waals surface area contributed by atoms with Crippen LogP contribution < -0.4 is 5.32 Å². The molecule has 2 fully saturated rings. The van der Waals surface area contributed by atoms with Gasteiger partial charge in [-0.1, -0.05) is 11.1 Å². The number of rotatable bonds is 5. The van der Waals surface area contributed by atoms with Gasteiger partial charge in [-0.3, -0.25) is 4.79 Å². The Hall–Kier alpha value is -0.790. The van der Waals surface area contributed by atoms with Crippen molar-refractivity contribution in [1.82, 2.24) is 5.32 Å². The molecule has 0 spiro atoms. The van der Waals surface area contributed by atoms with Crippen molar-refractivity contribution in [2.45, 2.75) is 58.4 Å². The van der Waals surface area contributed by atoms with E-state index in [0.29, 0.717) is 6.42 Å². The highest BCUT2D eigenvalue weighted by Gasteiger charge is 2.35. The third-order valence-corrected chi connectivity index (χ3v) is 3.16. The van der Waals surface area contributed by atoms with Crippen LogP contribution in [0.1, 0.15) is 52.4 Å². The third-order valence-electron chi connectivity index (χ3n) is 3.16. The largest absolute Gasteiger partial charge is 0.354 e. The van der Waals surface area contributed by atoms with Gasteiger partial charge in [0.2, 0.25) is 5.91 Å². The number of carbonyl (C=O) groups is 1. The van der Waals surface area contributed by atoms with Crippen LogP contribution in [0.2, 0.25) is 0 Å². The normalized spacial score (nSPS) is 23.3. The minimum Gasteiger partial charge on any atom is -0.354 e. The van der Waals surface area contributed by atoms with Crippen LogP contribution in [0.15, 0.2) is 11.1 Å². The quantitative estimate of drug-likeness (QED) is 0.690. The first-order valence-corrected chi connectivity index (χ1v) is 6.17. The summed E-state index contributed by atoms with van der Waals surface area (Å²) in [6, 6.07) is 0.280. The van der Waals surface area contributed by atoms with E-state index in [2.05, 4.69) is 5.32 Å². The molecule has 2 heteroatoms. The van der Waals surface area contributed by atoms with E-state index in [9.17, 15) is 4.79 Å². The Morgan fingerprint density at radius 2 is 2.20 bits per heavy atom. The van der Waals surface area contributed by atoms with E-state index in [1.54, 1.807) is 11.1 Å². The Morgan fingerprint density at radius 1 is 1.47 bits per heavy atom. The van der Waals surface area contributed by atoms with Crippen LogP contribution in [0, 0.1) is 5.92 Å². The molecule has 0 radical (unpaired) electrons. The minimum atomic E-state index is 0.214. The third kappa shape index (κ3) is 3.37. The minimum absolute atomic E-state index is 0.214. The fourth-order valence-electron chi connectivity index (χ4n) is 2.20. The predicted octanol–water partition coefficient (Wildman–Crippen LogP) is 2.79. The molecule has 15 heavy (non-hydrogen) atoms. The van der Waals surface area contributed by atoms with E-state index >= 15 is 0 Å². The van der Waals surface area contributed by atoms with Crippen molar-refractivity contribution in [3.63, 3.8) is 0 Å². The van der Waals surface area contributed by atoms with Crippen molar-refractivity contribution in [2.24, 2.45) is 5.92 Å². The maximum absolute atomic E-state index is 11.4. The van der Waals surface area contributed by atoms with Gasteiger partial charge in [0.1, 0.15) is 0 Å². The first-order chi connectivity index (χ1) is 7.16. The van der Waals surface area contributed by atoms with Crippen molar-refractivity contribution in [3.05, 3.63) is 11.1 Å². The second kappa shape index (κ2) is 4.38. The van der Waals surface area contributed by atoms with E-state index in [1.165, 1.54) is 25.7 Å². The Bertz CT molecular complexity index is 285. The Labute approximate surface area is 92.1 Å². The second-order valence-electron chi connectivity index (χ2n) is 5.14. The highest BCUT2D eigenvalue weighted by Crippen LogP contribution is 2.50. The van der Waals surface area contributed by atoms with Crippen LogP contribution in [0.4, 0.5) is 0 Å². The molecule has 1 atom stereocenters. The first-order valence-electron chi connectivity index (χ1n) is 6.17. The van der Waals surface area contributed by atoms with Gasteiger partial charge < -0.3 is 5.32 Å². The number of amides is 1. The van der Waals surface area contributed by atoms with Gasteiger partial charge in [-0.15, -0.1) is 0 Å². The molecule has 2 aliphatic carbocycles. The molecule has 0 bridgehead atoms. The molecule has 84 valence electrons. The van der Waals surface area contributed by atoms with Crippen molar-refractivity contribution in [2.75, 3.05) is 0 Å². The Balaban J connectivity index is 1.56. The summed E-state index contributed by atoms with van der Waals surface area (Å²) in [5.41, 5.74) is 3.46. The molecule has 0 aromatic rings. The zero-order chi connectivity index (χ0) is 10.8. The summed E-state index contributed by atoms with van der Waals surface area (Å²) in [6.45, 7) is 4.02. The summed E-state index contributed by atoms with van der Waals surface area (Å²) in [5, 5.41) is 2.93. The lowest BCUT2D eigenvalue weighted by Gasteiger charge is -2.07. The van der Waals surface area contributed by atoms with Crippen LogP contribution in [-0.4, -0.2) is 11.9 Å². The number of carbonyl (C=O) groups excluding carboxylic acids is 1. The SMILES string of the molecule is CC(C)NC(=O)CCCC1CC1=C1CC1. The molecule has 1 N–H and O–H groups in total. The van der Waals surface area contributed by atoms with Crippen molar-refractivity contribution in [1.29, 1.82) is 0 Å². The van der Waals surface area contributed by atoms with Crippen molar-refractivity contribution < 1.29 is 4.79 Å². The highest BCUT2D eigenvalue weighted by atomic mass is 16.1. The van der Waals surface area contributed by atoms with Crippen LogP contribution in [0.3, 0.4) is 0 Å². The fourth-order valence-corrected chi connectivity index (χ4v) is 2.20. The second-order valence-corrected chi connectivity index (χ2v) is 5.14. The molecule has 2 nitrogen and oxygen atoms in total. The summed E-state index contributed by atoms with van der Waals surface area (Å²) in [7, 11) is 0. The molecular formula is C13H21NO. The van der Waals surface area contributed by atoms with Crippen LogP contribution in [-0.2, 0) is 4.79 Å². The summed E-state index contributed by atoms with van der Waals surface area (Å²) in [5.74, 6) is 1.07. The average molecular weight is 207 g/mol. The maximum atomic E-state index is 11.4. The summed E-state index contributed by atoms with van der Waals surface area (Å²) in [4.78, 5) is 11.4. The molecule has 0 saturated heterocycles. The summed E-state index contributed by atoms with van der Waals surface area (Å²) in [6.07, 6.45) is 7.04. The number of hydrogen-bond acceptors (Lipinski definition) is 1. The van der Waals surface area contributed by atoms with E-state index in [0.717, 1.165) is 12.3 Å². The molecule has 0 aromatic carbocycles. The van der Waals surface area contributed by atoms with Crippen LogP contribution in [0.25, 0.3) is 0 Å². The van der Waals surface area contributed by atoms with E-state index < -0.39 is 0 Å². The molecule has 0 aliphatic heterocycles. The zero-order valence-corrected chi connectivity index (χ0v) is 9.81. The average Bonchev–Trinajstić information content (AvgIpc) is 2.97. The molecule has 1 amide bonds. The fraction of sp³-hybridized carbons (Fsp3) is 0.769. The van der Waals surface area contributed by atoms with Gasteiger partial charge in [-0.25, -0.2) is 0 Å². The first kappa shape index (κ1) is 10.7. The number of nitrogens with one attached hydrogen (secondary N) is 1. The van der Waals surface area contributed by atoms with Gasteiger partial charge in [-0.05, 0) is 51.9 Å². The topological polar surface area (TPSA) is 29.1 Å². The maximum Gasteiger partial charge on any atom is 0.220 e. The van der Waals surface area contributed by atoms with E-state index in [-0.39, 0.29) is 11.9 Å². The lowest BCUT2D eigenvalue weighted by molar-refractivity contribution is -0.121. The molecule has 1 unspecified atom stereocenters. The molecule has 2 saturated carbocycles. The molecular weight excluding hydrogens is 186 g/mol. The van der Waals surface area contributed by atoms with E-state index in [4.69, 9.17) is 0 Å². The molecule has 2 rings (SSSR count). The highest BCUT2D eigenvalue weighted by molar-refractivity contribution is 5.76. The van der Waals surface area contributed by atoms with Gasteiger partial charge in [0, 0.05) is 12.5 Å². The van der Waals surface area contributed by atoms with Gasteiger partial charge in [0.15, 0.2) is 0 Å².